The second-order valence-electron chi connectivity index (χ2n) is 5.29. The van der Waals surface area contributed by atoms with Crippen LogP contribution in [0.3, 0.4) is 0 Å². The summed E-state index contributed by atoms with van der Waals surface area (Å²) in [6, 6.07) is 12.6. The molecule has 2 N–H and O–H groups in total. The summed E-state index contributed by atoms with van der Waals surface area (Å²) >= 11 is 11.8. The van der Waals surface area contributed by atoms with Crippen LogP contribution in [-0.2, 0) is 4.79 Å². The summed E-state index contributed by atoms with van der Waals surface area (Å²) in [6.07, 6.45) is 0. The summed E-state index contributed by atoms with van der Waals surface area (Å²) in [5, 5.41) is 10.1. The molecule has 3 aromatic rings. The highest BCUT2D eigenvalue weighted by Crippen LogP contribution is 2.27. The molecule has 0 atom stereocenters. The number of hydrogen-bond acceptors (Lipinski definition) is 4. The minimum Gasteiger partial charge on any atom is -0.482 e. The molecule has 0 aliphatic carbocycles. The molecule has 25 heavy (non-hydrogen) atoms. The molecule has 0 radical (unpaired) electrons. The number of carbonyl (C=O) groups is 1. The highest BCUT2D eigenvalue weighted by molar-refractivity contribution is 6.35. The van der Waals surface area contributed by atoms with Crippen molar-refractivity contribution >= 4 is 35.1 Å². The van der Waals surface area contributed by atoms with Gasteiger partial charge in [-0.05, 0) is 25.1 Å². The number of carbonyl (C=O) groups excluding carboxylic acids is 1. The third-order valence-corrected chi connectivity index (χ3v) is 3.84. The van der Waals surface area contributed by atoms with E-state index in [1.54, 1.807) is 18.2 Å². The van der Waals surface area contributed by atoms with Crippen molar-refractivity contribution < 1.29 is 9.53 Å². The maximum Gasteiger partial charge on any atom is 0.264 e. The van der Waals surface area contributed by atoms with Crippen LogP contribution in [0.4, 0.5) is 5.95 Å². The Morgan fingerprint density at radius 2 is 1.96 bits per heavy atom. The van der Waals surface area contributed by atoms with Crippen molar-refractivity contribution in [3.63, 3.8) is 0 Å². The van der Waals surface area contributed by atoms with E-state index in [-0.39, 0.29) is 12.6 Å². The summed E-state index contributed by atoms with van der Waals surface area (Å²) < 4.78 is 5.36. The summed E-state index contributed by atoms with van der Waals surface area (Å²) in [6.45, 7) is 1.78. The van der Waals surface area contributed by atoms with E-state index in [0.717, 1.165) is 11.1 Å². The zero-order chi connectivity index (χ0) is 17.8. The normalized spacial score (nSPS) is 10.5. The van der Waals surface area contributed by atoms with Gasteiger partial charge >= 0.3 is 0 Å². The lowest BCUT2D eigenvalue weighted by molar-refractivity contribution is -0.118. The number of hydrogen-bond donors (Lipinski definition) is 2. The Hall–Kier alpha value is -2.57. The molecule has 0 spiro atoms. The number of aromatic nitrogens is 3. The van der Waals surface area contributed by atoms with Gasteiger partial charge in [-0.1, -0.05) is 53.0 Å². The number of nitrogens with one attached hydrogen (secondary N) is 2. The fourth-order valence-corrected chi connectivity index (χ4v) is 2.52. The molecule has 3 rings (SSSR count). The van der Waals surface area contributed by atoms with Gasteiger partial charge in [0.15, 0.2) is 12.4 Å². The quantitative estimate of drug-likeness (QED) is 0.702. The van der Waals surface area contributed by atoms with Gasteiger partial charge in [0.2, 0.25) is 5.95 Å². The van der Waals surface area contributed by atoms with Crippen molar-refractivity contribution in [2.45, 2.75) is 6.92 Å². The van der Waals surface area contributed by atoms with E-state index in [2.05, 4.69) is 20.5 Å². The largest absolute Gasteiger partial charge is 0.482 e. The summed E-state index contributed by atoms with van der Waals surface area (Å²) in [5.74, 6) is 0.709. The van der Waals surface area contributed by atoms with Crippen molar-refractivity contribution in [1.29, 1.82) is 0 Å². The zero-order valence-corrected chi connectivity index (χ0v) is 14.7. The van der Waals surface area contributed by atoms with Crippen LogP contribution < -0.4 is 10.1 Å². The molecule has 0 aliphatic rings. The lowest BCUT2D eigenvalue weighted by Gasteiger charge is -2.07. The average molecular weight is 377 g/mol. The molecule has 128 valence electrons. The lowest BCUT2D eigenvalue weighted by atomic mass is 10.1. The Morgan fingerprint density at radius 3 is 2.68 bits per heavy atom. The Balaban J connectivity index is 1.59. The fourth-order valence-electron chi connectivity index (χ4n) is 2.05. The van der Waals surface area contributed by atoms with Crippen LogP contribution >= 0.6 is 23.2 Å². The number of aryl methyl sites for hydroxylation is 1. The molecule has 0 bridgehead atoms. The molecule has 1 heterocycles. The van der Waals surface area contributed by atoms with E-state index in [9.17, 15) is 4.79 Å². The van der Waals surface area contributed by atoms with Gasteiger partial charge < -0.3 is 4.74 Å². The second kappa shape index (κ2) is 7.55. The summed E-state index contributed by atoms with van der Waals surface area (Å²) in [4.78, 5) is 16.2. The molecule has 1 amide bonds. The Bertz CT molecular complexity index is 894. The first kappa shape index (κ1) is 17.3. The van der Waals surface area contributed by atoms with Gasteiger partial charge in [-0.3, -0.25) is 15.2 Å². The van der Waals surface area contributed by atoms with E-state index in [0.29, 0.717) is 21.6 Å². The third-order valence-electron chi connectivity index (χ3n) is 3.31. The Morgan fingerprint density at radius 1 is 1.20 bits per heavy atom. The van der Waals surface area contributed by atoms with Crippen molar-refractivity contribution in [2.75, 3.05) is 11.9 Å². The fraction of sp³-hybridized carbons (Fsp3) is 0.118. The van der Waals surface area contributed by atoms with Gasteiger partial charge in [0, 0.05) is 10.6 Å². The number of anilines is 1. The maximum absolute atomic E-state index is 12.0. The number of rotatable bonds is 5. The van der Waals surface area contributed by atoms with Gasteiger partial charge in [-0.15, -0.1) is 5.10 Å². The first-order valence-electron chi connectivity index (χ1n) is 7.38. The van der Waals surface area contributed by atoms with Crippen LogP contribution in [0.2, 0.25) is 10.0 Å². The number of halogens is 2. The van der Waals surface area contributed by atoms with E-state index >= 15 is 0 Å². The van der Waals surface area contributed by atoms with E-state index in [1.165, 1.54) is 0 Å². The minimum atomic E-state index is -0.402. The maximum atomic E-state index is 12.0. The molecule has 0 unspecified atom stereocenters. The van der Waals surface area contributed by atoms with E-state index < -0.39 is 5.91 Å². The van der Waals surface area contributed by atoms with Gasteiger partial charge in [-0.25, -0.2) is 0 Å². The summed E-state index contributed by atoms with van der Waals surface area (Å²) in [5.41, 5.74) is 2.03. The smallest absolute Gasteiger partial charge is 0.264 e. The highest BCUT2D eigenvalue weighted by Gasteiger charge is 2.11. The average Bonchev–Trinajstić information content (AvgIpc) is 3.03. The molecule has 0 saturated heterocycles. The number of amides is 1. The van der Waals surface area contributed by atoms with Crippen molar-refractivity contribution in [1.82, 2.24) is 15.2 Å². The molecule has 0 saturated carbocycles. The Labute approximate surface area is 154 Å². The summed E-state index contributed by atoms with van der Waals surface area (Å²) in [7, 11) is 0. The molecule has 8 heteroatoms. The monoisotopic (exact) mass is 376 g/mol. The number of ether oxygens (including phenoxy) is 1. The molecule has 0 fully saturated rings. The molecule has 6 nitrogen and oxygen atoms in total. The van der Waals surface area contributed by atoms with Crippen LogP contribution in [0.15, 0.2) is 42.5 Å². The minimum absolute atomic E-state index is 0.173. The van der Waals surface area contributed by atoms with Crippen LogP contribution in [0.5, 0.6) is 5.75 Å². The highest BCUT2D eigenvalue weighted by atomic mass is 35.5. The zero-order valence-electron chi connectivity index (χ0n) is 13.2. The van der Waals surface area contributed by atoms with Crippen LogP contribution in [-0.4, -0.2) is 27.7 Å². The second-order valence-corrected chi connectivity index (χ2v) is 6.13. The van der Waals surface area contributed by atoms with Crippen LogP contribution in [0.25, 0.3) is 11.4 Å². The third kappa shape index (κ3) is 4.49. The number of aromatic amines is 1. The predicted octanol–water partition coefficient (Wildman–Crippen LogP) is 4.10. The van der Waals surface area contributed by atoms with Gasteiger partial charge in [-0.2, -0.15) is 4.98 Å². The van der Waals surface area contributed by atoms with E-state index in [1.807, 2.05) is 31.2 Å². The van der Waals surface area contributed by atoms with Crippen molar-refractivity contribution in [3.8, 4) is 17.1 Å². The molecule has 0 aliphatic heterocycles. The molecular formula is C17H14Cl2N4O2. The lowest BCUT2D eigenvalue weighted by Crippen LogP contribution is -2.21. The predicted molar refractivity (Wildman–Crippen MR) is 97.1 cm³/mol. The van der Waals surface area contributed by atoms with Gasteiger partial charge in [0.1, 0.15) is 5.75 Å². The first-order valence-corrected chi connectivity index (χ1v) is 8.14. The number of benzene rings is 2. The molecule has 2 aromatic carbocycles. The first-order chi connectivity index (χ1) is 12.0. The van der Waals surface area contributed by atoms with Gasteiger partial charge in [0.05, 0.1) is 5.02 Å². The standard InChI is InChI=1S/C17H14Cl2N4O2/c1-10-2-4-11(5-3-10)16-21-17(23-22-16)20-15(24)9-25-14-7-6-12(18)8-13(14)19/h2-8H,9H2,1H3,(H2,20,21,22,23,24). The van der Waals surface area contributed by atoms with E-state index in [4.69, 9.17) is 27.9 Å². The van der Waals surface area contributed by atoms with Crippen molar-refractivity contribution in [2.24, 2.45) is 0 Å². The topological polar surface area (TPSA) is 79.9 Å². The SMILES string of the molecule is Cc1ccc(-c2nc(NC(=O)COc3ccc(Cl)cc3Cl)n[nH]2)cc1. The number of nitrogens with zero attached hydrogens (tertiary/aromatic N) is 2. The Kier molecular flexibility index (Phi) is 5.21. The van der Waals surface area contributed by atoms with Gasteiger partial charge in [0.25, 0.3) is 5.91 Å². The van der Waals surface area contributed by atoms with Crippen LogP contribution in [0.1, 0.15) is 5.56 Å². The van der Waals surface area contributed by atoms with Crippen molar-refractivity contribution in [3.05, 3.63) is 58.1 Å². The number of H-pyrrole nitrogens is 1. The molecule has 1 aromatic heterocycles. The van der Waals surface area contributed by atoms with Crippen LogP contribution in [0, 0.1) is 6.92 Å². The molecular weight excluding hydrogens is 363 g/mol.